The zero-order chi connectivity index (χ0) is 23.7. The first-order valence-electron chi connectivity index (χ1n) is 9.71. The number of fused-ring (bicyclic) bond motifs is 4. The molecule has 12 heteroatoms. The Morgan fingerprint density at radius 1 is 1.21 bits per heavy atom. The summed E-state index contributed by atoms with van der Waals surface area (Å²) in [5, 5.41) is 0. The quantitative estimate of drug-likeness (QED) is 0.452. The van der Waals surface area contributed by atoms with Crippen LogP contribution < -0.4 is 5.73 Å². The van der Waals surface area contributed by atoms with Crippen molar-refractivity contribution in [1.82, 2.24) is 24.3 Å². The number of nitrogen functional groups attached to an aromatic ring is 1. The molecule has 33 heavy (non-hydrogen) atoms. The van der Waals surface area contributed by atoms with E-state index in [0.29, 0.717) is 22.6 Å². The Balaban J connectivity index is 1.53. The Kier molecular flexibility index (Phi) is 4.36. The fourth-order valence-corrected chi connectivity index (χ4v) is 4.17. The number of halogens is 5. The number of benzene rings is 1. The maximum atomic E-state index is 14.6. The van der Waals surface area contributed by atoms with Crippen LogP contribution in [0.3, 0.4) is 0 Å². The van der Waals surface area contributed by atoms with Gasteiger partial charge in [0.1, 0.15) is 22.5 Å². The average Bonchev–Trinajstić information content (AvgIpc) is 3.35. The molecule has 1 atom stereocenters. The minimum atomic E-state index is -4.75. The summed E-state index contributed by atoms with van der Waals surface area (Å²) in [4.78, 5) is 26.5. The van der Waals surface area contributed by atoms with Crippen LogP contribution >= 0.6 is 0 Å². The first-order chi connectivity index (χ1) is 15.5. The van der Waals surface area contributed by atoms with E-state index in [2.05, 4.69) is 15.0 Å². The van der Waals surface area contributed by atoms with E-state index in [-0.39, 0.29) is 17.1 Å². The fourth-order valence-electron chi connectivity index (χ4n) is 4.17. The molecular formula is C21H15F5N6O. The Morgan fingerprint density at radius 2 is 1.97 bits per heavy atom. The second-order valence-corrected chi connectivity index (χ2v) is 7.84. The predicted molar refractivity (Wildman–Crippen MR) is 107 cm³/mol. The molecule has 1 amide bonds. The van der Waals surface area contributed by atoms with Gasteiger partial charge in [-0.1, -0.05) is 6.07 Å². The van der Waals surface area contributed by atoms with Crippen molar-refractivity contribution in [1.29, 1.82) is 0 Å². The fraction of sp³-hybridized carbons (Fsp3) is 0.238. The van der Waals surface area contributed by atoms with Gasteiger partial charge in [-0.2, -0.15) is 13.2 Å². The van der Waals surface area contributed by atoms with Crippen LogP contribution in [0, 0.1) is 0 Å². The van der Waals surface area contributed by atoms with Crippen molar-refractivity contribution in [2.75, 3.05) is 12.8 Å². The van der Waals surface area contributed by atoms with Crippen molar-refractivity contribution in [2.24, 2.45) is 0 Å². The summed E-state index contributed by atoms with van der Waals surface area (Å²) in [6.45, 7) is 0. The molecule has 1 aliphatic carbocycles. The number of rotatable bonds is 2. The minimum Gasteiger partial charge on any atom is -0.382 e. The highest BCUT2D eigenvalue weighted by Crippen LogP contribution is 2.50. The van der Waals surface area contributed by atoms with Crippen LogP contribution in [0.25, 0.3) is 16.6 Å². The van der Waals surface area contributed by atoms with Gasteiger partial charge in [0.2, 0.25) is 0 Å². The molecule has 1 aliphatic rings. The predicted octanol–water partition coefficient (Wildman–Crippen LogP) is 4.19. The number of nitrogens with zero attached hydrogens (tertiary/aromatic N) is 5. The molecule has 3 heterocycles. The maximum absolute atomic E-state index is 14.6. The van der Waals surface area contributed by atoms with Crippen LogP contribution in [0.4, 0.5) is 27.8 Å². The van der Waals surface area contributed by atoms with Crippen LogP contribution in [0.5, 0.6) is 0 Å². The molecule has 0 bridgehead atoms. The summed E-state index contributed by atoms with van der Waals surface area (Å²) < 4.78 is 69.9. The van der Waals surface area contributed by atoms with E-state index in [4.69, 9.17) is 5.73 Å². The number of alkyl halides is 5. The molecule has 1 aromatic carbocycles. The van der Waals surface area contributed by atoms with Gasteiger partial charge in [-0.15, -0.1) is 0 Å². The zero-order valence-corrected chi connectivity index (χ0v) is 16.9. The number of pyridine rings is 1. The van der Waals surface area contributed by atoms with E-state index in [1.807, 2.05) is 0 Å². The Bertz CT molecular complexity index is 1430. The molecule has 2 N–H and O–H groups in total. The second kappa shape index (κ2) is 6.83. The van der Waals surface area contributed by atoms with Gasteiger partial charge in [0.25, 0.3) is 11.8 Å². The zero-order valence-electron chi connectivity index (χ0n) is 16.9. The van der Waals surface area contributed by atoms with E-state index in [1.165, 1.54) is 31.8 Å². The van der Waals surface area contributed by atoms with Gasteiger partial charge >= 0.3 is 6.18 Å². The molecule has 0 unspecified atom stereocenters. The lowest BCUT2D eigenvalue weighted by Crippen LogP contribution is -2.31. The third kappa shape index (κ3) is 3.24. The number of amides is 1. The normalized spacial score (nSPS) is 17.5. The van der Waals surface area contributed by atoms with Crippen molar-refractivity contribution < 1.29 is 26.7 Å². The number of carbonyl (C=O) groups excluding carboxylic acids is 1. The molecule has 7 nitrogen and oxygen atoms in total. The lowest BCUT2D eigenvalue weighted by atomic mass is 10.0. The molecule has 0 radical (unpaired) electrons. The first kappa shape index (κ1) is 21.0. The van der Waals surface area contributed by atoms with E-state index < -0.39 is 41.6 Å². The van der Waals surface area contributed by atoms with E-state index in [0.717, 1.165) is 17.0 Å². The number of imidazole rings is 1. The highest BCUT2D eigenvalue weighted by Gasteiger charge is 2.48. The van der Waals surface area contributed by atoms with Crippen LogP contribution in [-0.2, 0) is 12.1 Å². The molecule has 0 saturated heterocycles. The number of aromatic nitrogens is 4. The number of anilines is 1. The largest absolute Gasteiger partial charge is 0.416 e. The van der Waals surface area contributed by atoms with E-state index >= 15 is 0 Å². The minimum absolute atomic E-state index is 0.0314. The van der Waals surface area contributed by atoms with Crippen molar-refractivity contribution in [3.63, 3.8) is 0 Å². The molecule has 0 saturated carbocycles. The molecule has 4 aromatic rings. The SMILES string of the molecule is CN(C(=O)c1cc2c(cn1)nc(N)c1cncn12)[C@@H]1CC(F)(F)c2cc(C(F)(F)F)ccc21. The van der Waals surface area contributed by atoms with Crippen LogP contribution in [0.2, 0.25) is 0 Å². The molecule has 0 aliphatic heterocycles. The first-order valence-corrected chi connectivity index (χ1v) is 9.71. The number of hydrogen-bond acceptors (Lipinski definition) is 5. The number of nitrogens with two attached hydrogens (primary N) is 1. The van der Waals surface area contributed by atoms with Crippen molar-refractivity contribution in [3.8, 4) is 0 Å². The van der Waals surface area contributed by atoms with Crippen molar-refractivity contribution in [2.45, 2.75) is 24.6 Å². The van der Waals surface area contributed by atoms with Gasteiger partial charge in [0, 0.05) is 19.0 Å². The summed E-state index contributed by atoms with van der Waals surface area (Å²) in [7, 11) is 1.32. The summed E-state index contributed by atoms with van der Waals surface area (Å²) >= 11 is 0. The smallest absolute Gasteiger partial charge is 0.382 e. The summed E-state index contributed by atoms with van der Waals surface area (Å²) in [5.74, 6) is -3.96. The molecule has 170 valence electrons. The van der Waals surface area contributed by atoms with Crippen LogP contribution in [0.15, 0.2) is 43.0 Å². The van der Waals surface area contributed by atoms with Crippen molar-refractivity contribution in [3.05, 3.63) is 65.4 Å². The van der Waals surface area contributed by atoms with Gasteiger partial charge in [0.05, 0.1) is 35.8 Å². The highest BCUT2D eigenvalue weighted by atomic mass is 19.4. The van der Waals surface area contributed by atoms with Crippen LogP contribution in [-0.4, -0.2) is 37.2 Å². The standard InChI is InChI=1S/C21H15F5N6O/c1-31(16-6-20(22,23)12-4-10(21(24,25)26)2-3-11(12)16)19(33)13-5-15-14(7-29-13)30-18(27)17-8-28-9-32(15)17/h2-5,7-9,16H,6H2,1H3,(H2,27,30)/t16-/m1/s1. The monoisotopic (exact) mass is 462 g/mol. The van der Waals surface area contributed by atoms with Gasteiger partial charge in [-0.05, 0) is 23.8 Å². The van der Waals surface area contributed by atoms with E-state index in [1.54, 1.807) is 4.40 Å². The molecular weight excluding hydrogens is 447 g/mol. The van der Waals surface area contributed by atoms with E-state index in [9.17, 15) is 26.7 Å². The Hall–Kier alpha value is -3.83. The van der Waals surface area contributed by atoms with Crippen LogP contribution in [0.1, 0.15) is 39.6 Å². The van der Waals surface area contributed by atoms with Gasteiger partial charge in [-0.25, -0.2) is 23.7 Å². The molecule has 0 spiro atoms. The third-order valence-corrected chi connectivity index (χ3v) is 5.85. The lowest BCUT2D eigenvalue weighted by Gasteiger charge is -2.25. The molecule has 5 rings (SSSR count). The molecule has 0 fully saturated rings. The lowest BCUT2D eigenvalue weighted by molar-refractivity contribution is -0.137. The summed E-state index contributed by atoms with van der Waals surface area (Å²) in [6.07, 6.45) is -1.26. The average molecular weight is 462 g/mol. The van der Waals surface area contributed by atoms with Gasteiger partial charge in [-0.3, -0.25) is 9.20 Å². The topological polar surface area (TPSA) is 89.4 Å². The van der Waals surface area contributed by atoms with Crippen molar-refractivity contribution >= 4 is 28.3 Å². The summed E-state index contributed by atoms with van der Waals surface area (Å²) in [6, 6.07) is 2.51. The second-order valence-electron chi connectivity index (χ2n) is 7.84. The molecule has 3 aromatic heterocycles. The highest BCUT2D eigenvalue weighted by molar-refractivity contribution is 5.96. The van der Waals surface area contributed by atoms with Gasteiger partial charge < -0.3 is 10.6 Å². The Labute approximate surface area is 182 Å². The van der Waals surface area contributed by atoms with Gasteiger partial charge in [0.15, 0.2) is 0 Å². The number of hydrogen-bond donors (Lipinski definition) is 1. The Morgan fingerprint density at radius 3 is 2.70 bits per heavy atom. The number of carbonyl (C=O) groups is 1. The third-order valence-electron chi connectivity index (χ3n) is 5.85. The summed E-state index contributed by atoms with van der Waals surface area (Å²) in [5.41, 5.74) is 5.32. The maximum Gasteiger partial charge on any atom is 0.416 e.